The highest BCUT2D eigenvalue weighted by Crippen LogP contribution is 2.29. The van der Waals surface area contributed by atoms with Gasteiger partial charge >= 0.3 is 12.1 Å². The lowest BCUT2D eigenvalue weighted by Crippen LogP contribution is -2.25. The Labute approximate surface area is 148 Å². The summed E-state index contributed by atoms with van der Waals surface area (Å²) in [5.74, 6) is -0.907. The van der Waals surface area contributed by atoms with E-state index in [0.717, 1.165) is 12.1 Å². The fourth-order valence-corrected chi connectivity index (χ4v) is 3.30. The van der Waals surface area contributed by atoms with E-state index in [1.165, 1.54) is 43.5 Å². The van der Waals surface area contributed by atoms with Crippen LogP contribution in [0.25, 0.3) is 0 Å². The molecule has 5 nitrogen and oxygen atoms in total. The number of halogens is 3. The van der Waals surface area contributed by atoms with E-state index in [1.54, 1.807) is 0 Å². The molecule has 0 unspecified atom stereocenters. The predicted octanol–water partition coefficient (Wildman–Crippen LogP) is 3.11. The number of benzene rings is 2. The zero-order valence-electron chi connectivity index (χ0n) is 13.7. The van der Waals surface area contributed by atoms with Crippen molar-refractivity contribution in [2.24, 2.45) is 0 Å². The van der Waals surface area contributed by atoms with Gasteiger partial charge in [0.2, 0.25) is 10.0 Å². The van der Waals surface area contributed by atoms with E-state index in [2.05, 4.69) is 9.46 Å². The molecule has 1 N–H and O–H groups in total. The molecule has 26 heavy (non-hydrogen) atoms. The Kier molecular flexibility index (Phi) is 6.04. The summed E-state index contributed by atoms with van der Waals surface area (Å²) in [5.41, 5.74) is 0.0665. The van der Waals surface area contributed by atoms with E-state index in [1.807, 2.05) is 0 Å². The van der Waals surface area contributed by atoms with Crippen LogP contribution in [0.1, 0.15) is 27.0 Å². The number of esters is 1. The molecule has 0 spiro atoms. The number of methoxy groups -OCH3 is 1. The Bertz CT molecular complexity index is 878. The van der Waals surface area contributed by atoms with E-state index >= 15 is 0 Å². The van der Waals surface area contributed by atoms with Gasteiger partial charge in [-0.2, -0.15) is 13.2 Å². The highest BCUT2D eigenvalue weighted by molar-refractivity contribution is 7.88. The summed E-state index contributed by atoms with van der Waals surface area (Å²) < 4.78 is 69.0. The molecule has 0 atom stereocenters. The van der Waals surface area contributed by atoms with Crippen LogP contribution in [-0.2, 0) is 33.2 Å². The quantitative estimate of drug-likeness (QED) is 0.773. The number of rotatable bonds is 6. The lowest BCUT2D eigenvalue weighted by Gasteiger charge is -2.10. The molecule has 0 saturated heterocycles. The van der Waals surface area contributed by atoms with Crippen molar-refractivity contribution >= 4 is 16.0 Å². The van der Waals surface area contributed by atoms with Gasteiger partial charge < -0.3 is 4.74 Å². The molecule has 0 fully saturated rings. The molecule has 0 heterocycles. The maximum absolute atomic E-state index is 12.7. The monoisotopic (exact) mass is 387 g/mol. The van der Waals surface area contributed by atoms with Crippen LogP contribution < -0.4 is 4.72 Å². The van der Waals surface area contributed by atoms with E-state index in [0.29, 0.717) is 5.56 Å². The first kappa shape index (κ1) is 19.9. The standard InChI is InChI=1S/C17H16F3NO4S/c1-25-16(22)14-7-5-12(6-8-14)11-26(23,24)21-10-13-3-2-4-15(9-13)17(18,19)20/h2-9,21H,10-11H2,1H3. The molecule has 0 aromatic heterocycles. The summed E-state index contributed by atoms with van der Waals surface area (Å²) in [6.45, 7) is -0.257. The van der Waals surface area contributed by atoms with Gasteiger partial charge in [0.05, 0.1) is 24.0 Å². The smallest absolute Gasteiger partial charge is 0.416 e. The van der Waals surface area contributed by atoms with Crippen molar-refractivity contribution < 1.29 is 31.1 Å². The molecule has 0 aliphatic carbocycles. The summed E-state index contributed by atoms with van der Waals surface area (Å²) in [5, 5.41) is 0. The second-order valence-corrected chi connectivity index (χ2v) is 7.27. The number of sulfonamides is 1. The minimum absolute atomic E-state index is 0.199. The van der Waals surface area contributed by atoms with Gasteiger partial charge in [-0.1, -0.05) is 30.3 Å². The number of ether oxygens (including phenoxy) is 1. The lowest BCUT2D eigenvalue weighted by atomic mass is 10.1. The fraction of sp³-hybridized carbons (Fsp3) is 0.235. The Morgan fingerprint density at radius 2 is 1.73 bits per heavy atom. The molecule has 0 aliphatic rings. The van der Waals surface area contributed by atoms with Gasteiger partial charge in [-0.05, 0) is 29.3 Å². The zero-order chi connectivity index (χ0) is 19.4. The number of hydrogen-bond acceptors (Lipinski definition) is 4. The SMILES string of the molecule is COC(=O)c1ccc(CS(=O)(=O)NCc2cccc(C(F)(F)F)c2)cc1. The van der Waals surface area contributed by atoms with Gasteiger partial charge in [0.25, 0.3) is 0 Å². The number of nitrogens with one attached hydrogen (secondary N) is 1. The number of hydrogen-bond donors (Lipinski definition) is 1. The van der Waals surface area contributed by atoms with E-state index in [9.17, 15) is 26.4 Å². The van der Waals surface area contributed by atoms with Gasteiger partial charge in [-0.25, -0.2) is 17.9 Å². The van der Waals surface area contributed by atoms with E-state index in [-0.39, 0.29) is 23.4 Å². The van der Waals surface area contributed by atoms with Crippen molar-refractivity contribution in [3.8, 4) is 0 Å². The molecule has 2 rings (SSSR count). The molecule has 9 heteroatoms. The molecule has 2 aromatic carbocycles. The minimum Gasteiger partial charge on any atom is -0.465 e. The summed E-state index contributed by atoms with van der Waals surface area (Å²) in [4.78, 5) is 11.3. The summed E-state index contributed by atoms with van der Waals surface area (Å²) in [6.07, 6.45) is -4.49. The molecule has 0 radical (unpaired) electrons. The maximum Gasteiger partial charge on any atom is 0.416 e. The molecule has 140 valence electrons. The molecule has 0 saturated carbocycles. The molecule has 0 amide bonds. The van der Waals surface area contributed by atoms with Crippen molar-refractivity contribution in [3.63, 3.8) is 0 Å². The van der Waals surface area contributed by atoms with Gasteiger partial charge in [0, 0.05) is 6.54 Å². The largest absolute Gasteiger partial charge is 0.465 e. The van der Waals surface area contributed by atoms with Crippen molar-refractivity contribution in [3.05, 3.63) is 70.8 Å². The van der Waals surface area contributed by atoms with Crippen LogP contribution in [0, 0.1) is 0 Å². The van der Waals surface area contributed by atoms with Crippen molar-refractivity contribution in [1.82, 2.24) is 4.72 Å². The minimum atomic E-state index is -4.49. The van der Waals surface area contributed by atoms with Crippen molar-refractivity contribution in [2.45, 2.75) is 18.5 Å². The normalized spacial score (nSPS) is 12.0. The van der Waals surface area contributed by atoms with Crippen LogP contribution >= 0.6 is 0 Å². The number of carbonyl (C=O) groups is 1. The van der Waals surface area contributed by atoms with Crippen LogP contribution in [0.5, 0.6) is 0 Å². The highest BCUT2D eigenvalue weighted by atomic mass is 32.2. The second kappa shape index (κ2) is 7.88. The van der Waals surface area contributed by atoms with Crippen LogP contribution in [0.4, 0.5) is 13.2 Å². The number of carbonyl (C=O) groups excluding carboxylic acids is 1. The first-order valence-corrected chi connectivity index (χ1v) is 9.07. The Morgan fingerprint density at radius 1 is 1.08 bits per heavy atom. The van der Waals surface area contributed by atoms with Gasteiger partial charge in [-0.3, -0.25) is 0 Å². The van der Waals surface area contributed by atoms with Crippen LogP contribution in [0.2, 0.25) is 0 Å². The lowest BCUT2D eigenvalue weighted by molar-refractivity contribution is -0.137. The Hall–Kier alpha value is -2.39. The van der Waals surface area contributed by atoms with Gasteiger partial charge in [0.15, 0.2) is 0 Å². The Morgan fingerprint density at radius 3 is 2.31 bits per heavy atom. The van der Waals surface area contributed by atoms with E-state index < -0.39 is 27.7 Å². The van der Waals surface area contributed by atoms with Crippen LogP contribution in [0.3, 0.4) is 0 Å². The fourth-order valence-electron chi connectivity index (χ4n) is 2.18. The molecular weight excluding hydrogens is 371 g/mol. The highest BCUT2D eigenvalue weighted by Gasteiger charge is 2.30. The van der Waals surface area contributed by atoms with Crippen LogP contribution in [0.15, 0.2) is 48.5 Å². The predicted molar refractivity (Wildman–Crippen MR) is 88.7 cm³/mol. The third-order valence-electron chi connectivity index (χ3n) is 3.48. The van der Waals surface area contributed by atoms with Crippen molar-refractivity contribution in [2.75, 3.05) is 7.11 Å². The first-order valence-electron chi connectivity index (χ1n) is 7.41. The van der Waals surface area contributed by atoms with Crippen LogP contribution in [-0.4, -0.2) is 21.5 Å². The van der Waals surface area contributed by atoms with Crippen molar-refractivity contribution in [1.29, 1.82) is 0 Å². The van der Waals surface area contributed by atoms with Gasteiger partial charge in [-0.15, -0.1) is 0 Å². The third kappa shape index (κ3) is 5.57. The molecule has 2 aromatic rings. The average molecular weight is 387 g/mol. The average Bonchev–Trinajstić information content (AvgIpc) is 2.59. The van der Waals surface area contributed by atoms with E-state index in [4.69, 9.17) is 0 Å². The first-order chi connectivity index (χ1) is 12.1. The molecule has 0 bridgehead atoms. The number of alkyl halides is 3. The summed E-state index contributed by atoms with van der Waals surface area (Å²) in [6, 6.07) is 10.2. The Balaban J connectivity index is 2.02. The summed E-state index contributed by atoms with van der Waals surface area (Å²) in [7, 11) is -2.53. The summed E-state index contributed by atoms with van der Waals surface area (Å²) >= 11 is 0. The topological polar surface area (TPSA) is 72.5 Å². The molecular formula is C17H16F3NO4S. The third-order valence-corrected chi connectivity index (χ3v) is 4.78. The van der Waals surface area contributed by atoms with Gasteiger partial charge in [0.1, 0.15) is 0 Å². The maximum atomic E-state index is 12.7. The zero-order valence-corrected chi connectivity index (χ0v) is 14.5. The molecule has 0 aliphatic heterocycles. The second-order valence-electron chi connectivity index (χ2n) is 5.47.